The van der Waals surface area contributed by atoms with Crippen molar-refractivity contribution >= 4 is 29.5 Å². The molecule has 2 aromatic heterocycles. The predicted octanol–water partition coefficient (Wildman–Crippen LogP) is 4.47. The first-order valence-electron chi connectivity index (χ1n) is 10.3. The molecule has 4 rings (SSSR count). The van der Waals surface area contributed by atoms with Crippen molar-refractivity contribution in [2.75, 3.05) is 26.2 Å². The Kier molecular flexibility index (Phi) is 6.86. The first kappa shape index (κ1) is 23.5. The highest BCUT2D eigenvalue weighted by molar-refractivity contribution is 7.71. The molecule has 3 heterocycles. The Morgan fingerprint density at radius 3 is 2.52 bits per heavy atom. The van der Waals surface area contributed by atoms with Crippen LogP contribution in [0.2, 0.25) is 0 Å². The highest BCUT2D eigenvalue weighted by Crippen LogP contribution is 2.27. The molecule has 3 aromatic rings. The van der Waals surface area contributed by atoms with E-state index in [1.165, 1.54) is 23.5 Å². The number of aromatic amines is 1. The van der Waals surface area contributed by atoms with Crippen LogP contribution >= 0.6 is 23.6 Å². The van der Waals surface area contributed by atoms with Gasteiger partial charge in [0.1, 0.15) is 11.8 Å². The molecule has 176 valence electrons. The zero-order valence-corrected chi connectivity index (χ0v) is 19.3. The summed E-state index contributed by atoms with van der Waals surface area (Å²) in [5, 5.41) is 9.03. The molecule has 1 atom stereocenters. The average molecular weight is 498 g/mol. The summed E-state index contributed by atoms with van der Waals surface area (Å²) in [6.07, 6.45) is -4.70. The zero-order valence-electron chi connectivity index (χ0n) is 17.7. The second-order valence-electron chi connectivity index (χ2n) is 7.67. The molecule has 1 aromatic carbocycles. The van der Waals surface area contributed by atoms with Crippen molar-refractivity contribution in [3.8, 4) is 16.5 Å². The summed E-state index contributed by atoms with van der Waals surface area (Å²) < 4.78 is 43.0. The van der Waals surface area contributed by atoms with Crippen molar-refractivity contribution in [2.24, 2.45) is 0 Å². The number of aromatic nitrogens is 3. The van der Waals surface area contributed by atoms with Gasteiger partial charge in [0.15, 0.2) is 10.6 Å². The van der Waals surface area contributed by atoms with Gasteiger partial charge in [0.25, 0.3) is 0 Å². The molecule has 0 spiro atoms. The van der Waals surface area contributed by atoms with E-state index in [1.807, 2.05) is 29.3 Å². The lowest BCUT2D eigenvalue weighted by molar-refractivity contribution is -0.274. The molecular formula is C21H22F3N5O2S2. The molecule has 0 radical (unpaired) electrons. The normalized spacial score (nSPS) is 16.1. The van der Waals surface area contributed by atoms with Gasteiger partial charge in [0, 0.05) is 32.7 Å². The largest absolute Gasteiger partial charge is 0.573 e. The van der Waals surface area contributed by atoms with Gasteiger partial charge in [-0.3, -0.25) is 19.4 Å². The van der Waals surface area contributed by atoms with Crippen molar-refractivity contribution in [3.05, 3.63) is 52.1 Å². The van der Waals surface area contributed by atoms with Gasteiger partial charge >= 0.3 is 6.36 Å². The number of benzene rings is 1. The van der Waals surface area contributed by atoms with E-state index in [2.05, 4.69) is 19.8 Å². The number of carbonyl (C=O) groups is 1. The van der Waals surface area contributed by atoms with E-state index in [-0.39, 0.29) is 11.7 Å². The molecule has 0 aliphatic carbocycles. The Bertz CT molecular complexity index is 1130. The highest BCUT2D eigenvalue weighted by Gasteiger charge is 2.31. The molecule has 1 amide bonds. The van der Waals surface area contributed by atoms with Gasteiger partial charge in [-0.1, -0.05) is 18.2 Å². The number of hydrogen-bond acceptors (Lipinski definition) is 6. The van der Waals surface area contributed by atoms with E-state index >= 15 is 0 Å². The van der Waals surface area contributed by atoms with Crippen LogP contribution < -0.4 is 4.74 Å². The van der Waals surface area contributed by atoms with E-state index in [9.17, 15) is 18.0 Å². The maximum Gasteiger partial charge on any atom is 0.573 e. The minimum Gasteiger partial charge on any atom is -0.406 e. The number of hydrogen-bond donors (Lipinski definition) is 1. The molecular weight excluding hydrogens is 475 g/mol. The summed E-state index contributed by atoms with van der Waals surface area (Å²) >= 11 is 6.90. The summed E-state index contributed by atoms with van der Waals surface area (Å²) in [6, 6.07) is 9.21. The molecule has 1 fully saturated rings. The minimum absolute atomic E-state index is 0.0291. The summed E-state index contributed by atoms with van der Waals surface area (Å²) in [7, 11) is 0. The van der Waals surface area contributed by atoms with Crippen molar-refractivity contribution in [1.82, 2.24) is 24.6 Å². The lowest BCUT2D eigenvalue weighted by Crippen LogP contribution is -2.50. The molecule has 0 saturated carbocycles. The molecule has 0 bridgehead atoms. The number of alkyl halides is 3. The molecule has 1 aliphatic heterocycles. The quantitative estimate of drug-likeness (QED) is 0.509. The smallest absolute Gasteiger partial charge is 0.406 e. The second-order valence-corrected chi connectivity index (χ2v) is 9.00. The number of carbonyl (C=O) groups excluding carboxylic acids is 1. The fourth-order valence-corrected chi connectivity index (χ4v) is 4.80. The summed E-state index contributed by atoms with van der Waals surface area (Å²) in [6.45, 7) is 4.83. The Hall–Kier alpha value is -2.70. The number of piperazine rings is 1. The Labute approximate surface area is 197 Å². The van der Waals surface area contributed by atoms with Crippen LogP contribution in [-0.4, -0.2) is 63.0 Å². The van der Waals surface area contributed by atoms with Crippen LogP contribution in [0.4, 0.5) is 13.2 Å². The van der Waals surface area contributed by atoms with Crippen LogP contribution in [0.5, 0.6) is 5.75 Å². The predicted molar refractivity (Wildman–Crippen MR) is 120 cm³/mol. The van der Waals surface area contributed by atoms with Crippen molar-refractivity contribution < 1.29 is 22.7 Å². The Morgan fingerprint density at radius 1 is 1.21 bits per heavy atom. The number of rotatable bonds is 6. The Morgan fingerprint density at radius 2 is 1.91 bits per heavy atom. The van der Waals surface area contributed by atoms with Gasteiger partial charge < -0.3 is 9.64 Å². The zero-order chi connectivity index (χ0) is 23.6. The minimum atomic E-state index is -4.70. The summed E-state index contributed by atoms with van der Waals surface area (Å²) in [5.74, 6) is 0.376. The van der Waals surface area contributed by atoms with Crippen LogP contribution in [0.3, 0.4) is 0 Å². The van der Waals surface area contributed by atoms with Gasteiger partial charge in [-0.2, -0.15) is 5.10 Å². The monoisotopic (exact) mass is 497 g/mol. The van der Waals surface area contributed by atoms with E-state index in [4.69, 9.17) is 12.2 Å². The standard InChI is InChI=1S/C21H22F3N5O2S2/c1-14(29-18(25-26-20(29)32)17-3-2-12-33-17)19(30)28-10-8-27(9-11-28)13-15-4-6-16(7-5-15)31-21(22,23)24/h2-7,12,14H,8-11,13H2,1H3,(H,26,32). The lowest BCUT2D eigenvalue weighted by Gasteiger charge is -2.36. The molecule has 1 N–H and O–H groups in total. The van der Waals surface area contributed by atoms with Gasteiger partial charge in [-0.25, -0.2) is 0 Å². The Balaban J connectivity index is 1.34. The maximum absolute atomic E-state index is 13.2. The first-order valence-corrected chi connectivity index (χ1v) is 11.6. The van der Waals surface area contributed by atoms with E-state index in [1.54, 1.807) is 16.7 Å². The van der Waals surface area contributed by atoms with Crippen LogP contribution in [0.1, 0.15) is 18.5 Å². The van der Waals surface area contributed by atoms with Crippen molar-refractivity contribution in [1.29, 1.82) is 0 Å². The molecule has 1 aliphatic rings. The molecule has 33 heavy (non-hydrogen) atoms. The number of H-pyrrole nitrogens is 1. The van der Waals surface area contributed by atoms with Crippen LogP contribution in [0.15, 0.2) is 41.8 Å². The molecule has 1 unspecified atom stereocenters. The third-order valence-electron chi connectivity index (χ3n) is 5.44. The molecule has 1 saturated heterocycles. The molecule has 7 nitrogen and oxygen atoms in total. The number of halogens is 3. The maximum atomic E-state index is 13.2. The topological polar surface area (TPSA) is 66.4 Å². The van der Waals surface area contributed by atoms with Gasteiger partial charge in [-0.15, -0.1) is 24.5 Å². The van der Waals surface area contributed by atoms with Crippen molar-refractivity contribution in [2.45, 2.75) is 25.9 Å². The third-order valence-corrected chi connectivity index (χ3v) is 6.59. The number of amides is 1. The number of nitrogens with zero attached hydrogens (tertiary/aromatic N) is 4. The van der Waals surface area contributed by atoms with Crippen LogP contribution in [0, 0.1) is 4.77 Å². The van der Waals surface area contributed by atoms with Gasteiger partial charge in [0.2, 0.25) is 5.91 Å². The molecule has 12 heteroatoms. The lowest BCUT2D eigenvalue weighted by atomic mass is 10.1. The van der Waals surface area contributed by atoms with E-state index in [0.717, 1.165) is 10.4 Å². The van der Waals surface area contributed by atoms with Crippen LogP contribution in [0.25, 0.3) is 10.7 Å². The first-order chi connectivity index (χ1) is 15.7. The van der Waals surface area contributed by atoms with Crippen LogP contribution in [-0.2, 0) is 11.3 Å². The van der Waals surface area contributed by atoms with Gasteiger partial charge in [-0.05, 0) is 48.3 Å². The van der Waals surface area contributed by atoms with Crippen molar-refractivity contribution in [3.63, 3.8) is 0 Å². The fourth-order valence-electron chi connectivity index (χ4n) is 3.80. The SMILES string of the molecule is CC(C(=O)N1CCN(Cc2ccc(OC(F)(F)F)cc2)CC1)n1c(-c2cccs2)n[nH]c1=S. The highest BCUT2D eigenvalue weighted by atomic mass is 32.1. The van der Waals surface area contributed by atoms with E-state index in [0.29, 0.717) is 43.3 Å². The fraction of sp³-hybridized carbons (Fsp3) is 0.381. The second kappa shape index (κ2) is 9.65. The third kappa shape index (κ3) is 5.63. The summed E-state index contributed by atoms with van der Waals surface area (Å²) in [4.78, 5) is 18.1. The number of ether oxygens (including phenoxy) is 1. The van der Waals surface area contributed by atoms with Gasteiger partial charge in [0.05, 0.1) is 4.88 Å². The average Bonchev–Trinajstić information content (AvgIpc) is 3.43. The number of nitrogens with one attached hydrogen (secondary N) is 1. The summed E-state index contributed by atoms with van der Waals surface area (Å²) in [5.41, 5.74) is 0.878. The van der Waals surface area contributed by atoms with E-state index < -0.39 is 12.4 Å². The number of thiophene rings is 1.